The van der Waals surface area contributed by atoms with Gasteiger partial charge in [-0.15, -0.1) is 11.8 Å². The van der Waals surface area contributed by atoms with E-state index >= 15 is 0 Å². The summed E-state index contributed by atoms with van der Waals surface area (Å²) in [6, 6.07) is -1.00. The third-order valence-corrected chi connectivity index (χ3v) is 10.6. The van der Waals surface area contributed by atoms with Crippen LogP contribution in [0.25, 0.3) is 0 Å². The van der Waals surface area contributed by atoms with Gasteiger partial charge in [-0.2, -0.15) is 0 Å². The Hall–Kier alpha value is -0.720. The van der Waals surface area contributed by atoms with Gasteiger partial charge in [0.15, 0.2) is 0 Å². The molecule has 222 valence electrons. The van der Waals surface area contributed by atoms with Crippen LogP contribution in [0.1, 0.15) is 52.4 Å². The average Bonchev–Trinajstić information content (AvgIpc) is 3.51. The SMILES string of the molecule is CC(C)C[C@@H]1CCO[C@@H]2[C@H](CN[C@@H]2C(=O)N[C@@H]2C/C=C\[C@@H](CN3CCCC3)CSC3OC2C(O)C(O)C3O)C1. The molecule has 1 amide bonds. The van der Waals surface area contributed by atoms with Gasteiger partial charge in [0.1, 0.15) is 35.9 Å². The van der Waals surface area contributed by atoms with Crippen molar-refractivity contribution in [1.82, 2.24) is 15.5 Å². The Balaban J connectivity index is 1.28. The second kappa shape index (κ2) is 13.5. The van der Waals surface area contributed by atoms with E-state index in [2.05, 4.69) is 41.5 Å². The highest BCUT2D eigenvalue weighted by Crippen LogP contribution is 2.35. The number of aliphatic hydroxyl groups excluding tert-OH is 3. The quantitative estimate of drug-likeness (QED) is 0.301. The van der Waals surface area contributed by atoms with Crippen LogP contribution in [0.3, 0.4) is 0 Å². The van der Waals surface area contributed by atoms with Crippen LogP contribution in [0.5, 0.6) is 0 Å². The van der Waals surface area contributed by atoms with Crippen LogP contribution in [0, 0.1) is 23.7 Å². The first-order chi connectivity index (χ1) is 18.8. The fourth-order valence-corrected chi connectivity index (χ4v) is 8.48. The lowest BCUT2D eigenvalue weighted by Gasteiger charge is -2.44. The Kier molecular flexibility index (Phi) is 10.3. The first-order valence-corrected chi connectivity index (χ1v) is 16.2. The number of carbonyl (C=O) groups is 1. The van der Waals surface area contributed by atoms with Crippen LogP contribution in [-0.2, 0) is 14.3 Å². The van der Waals surface area contributed by atoms with Crippen LogP contribution in [0.15, 0.2) is 12.2 Å². The summed E-state index contributed by atoms with van der Waals surface area (Å²) in [4.78, 5) is 16.1. The minimum absolute atomic E-state index is 0.158. The van der Waals surface area contributed by atoms with E-state index in [0.717, 1.165) is 44.8 Å². The van der Waals surface area contributed by atoms with Gasteiger partial charge in [-0.1, -0.05) is 26.0 Å². The van der Waals surface area contributed by atoms with Crippen molar-refractivity contribution < 1.29 is 29.6 Å². The van der Waals surface area contributed by atoms with Crippen molar-refractivity contribution in [2.45, 2.75) is 100 Å². The summed E-state index contributed by atoms with van der Waals surface area (Å²) >= 11 is 1.48. The van der Waals surface area contributed by atoms with Gasteiger partial charge >= 0.3 is 0 Å². The van der Waals surface area contributed by atoms with Gasteiger partial charge in [0.2, 0.25) is 5.91 Å². The molecule has 4 saturated heterocycles. The third kappa shape index (κ3) is 7.20. The zero-order valence-electron chi connectivity index (χ0n) is 23.5. The maximum absolute atomic E-state index is 13.7. The smallest absolute Gasteiger partial charge is 0.240 e. The number of aliphatic hydroxyl groups is 3. The molecule has 5 aliphatic heterocycles. The number of hydrogen-bond donors (Lipinski definition) is 5. The number of fused-ring (bicyclic) bond motifs is 3. The summed E-state index contributed by atoms with van der Waals surface area (Å²) in [6.07, 6.45) is 5.69. The molecule has 5 unspecified atom stereocenters. The maximum Gasteiger partial charge on any atom is 0.240 e. The van der Waals surface area contributed by atoms with Gasteiger partial charge < -0.3 is 40.3 Å². The lowest BCUT2D eigenvalue weighted by atomic mass is 9.85. The van der Waals surface area contributed by atoms with Gasteiger partial charge in [0.05, 0.1) is 12.1 Å². The number of nitrogens with zero attached hydrogens (tertiary/aromatic N) is 1. The topological polar surface area (TPSA) is 124 Å². The van der Waals surface area contributed by atoms with E-state index in [1.807, 2.05) is 0 Å². The van der Waals surface area contributed by atoms with Crippen molar-refractivity contribution in [3.05, 3.63) is 12.2 Å². The average molecular weight is 568 g/mol. The molecular weight excluding hydrogens is 518 g/mol. The molecule has 0 aliphatic carbocycles. The Bertz CT molecular complexity index is 842. The fraction of sp³-hybridized carbons (Fsp3) is 0.897. The second-order valence-corrected chi connectivity index (χ2v) is 14.0. The molecule has 5 aliphatic rings. The molecule has 0 aromatic carbocycles. The zero-order chi connectivity index (χ0) is 27.5. The minimum atomic E-state index is -1.34. The number of thioether (sulfide) groups is 1. The predicted octanol–water partition coefficient (Wildman–Crippen LogP) is 1.11. The fourth-order valence-electron chi connectivity index (χ4n) is 7.27. The van der Waals surface area contributed by atoms with Gasteiger partial charge in [-0.05, 0) is 75.3 Å². The van der Waals surface area contributed by atoms with Gasteiger partial charge in [-0.3, -0.25) is 4.79 Å². The van der Waals surface area contributed by atoms with Gasteiger partial charge in [0.25, 0.3) is 0 Å². The monoisotopic (exact) mass is 567 g/mol. The Morgan fingerprint density at radius 3 is 2.72 bits per heavy atom. The first kappa shape index (κ1) is 29.8. The van der Waals surface area contributed by atoms with Crippen molar-refractivity contribution >= 4 is 17.7 Å². The highest BCUT2D eigenvalue weighted by atomic mass is 32.2. The molecule has 5 heterocycles. The summed E-state index contributed by atoms with van der Waals surface area (Å²) < 4.78 is 12.5. The van der Waals surface area contributed by atoms with Crippen LogP contribution < -0.4 is 10.6 Å². The lowest BCUT2D eigenvalue weighted by Crippen LogP contribution is -2.64. The number of amides is 1. The van der Waals surface area contributed by atoms with Crippen LogP contribution in [0.2, 0.25) is 0 Å². The van der Waals surface area contributed by atoms with Crippen LogP contribution in [0.4, 0.5) is 0 Å². The van der Waals surface area contributed by atoms with Crippen molar-refractivity contribution in [3.8, 4) is 0 Å². The molecule has 2 bridgehead atoms. The van der Waals surface area contributed by atoms with E-state index in [0.29, 0.717) is 30.8 Å². The molecule has 39 heavy (non-hydrogen) atoms. The molecule has 0 radical (unpaired) electrons. The van der Waals surface area contributed by atoms with E-state index in [9.17, 15) is 20.1 Å². The third-order valence-electron chi connectivity index (χ3n) is 9.25. The molecule has 0 saturated carbocycles. The van der Waals surface area contributed by atoms with E-state index in [1.54, 1.807) is 0 Å². The maximum atomic E-state index is 13.7. The van der Waals surface area contributed by atoms with E-state index < -0.39 is 41.9 Å². The summed E-state index contributed by atoms with van der Waals surface area (Å²) in [5, 5.41) is 38.8. The number of likely N-dealkylation sites (tertiary alicyclic amines) is 1. The Morgan fingerprint density at radius 1 is 1.15 bits per heavy atom. The normalized spacial score (nSPS) is 44.5. The molecule has 5 N–H and O–H groups in total. The molecule has 11 atom stereocenters. The largest absolute Gasteiger partial charge is 0.388 e. The highest BCUT2D eigenvalue weighted by molar-refractivity contribution is 7.99. The van der Waals surface area contributed by atoms with Crippen molar-refractivity contribution in [2.24, 2.45) is 23.7 Å². The molecule has 4 fully saturated rings. The van der Waals surface area contributed by atoms with Gasteiger partial charge in [-0.25, -0.2) is 0 Å². The lowest BCUT2D eigenvalue weighted by molar-refractivity contribution is -0.205. The Morgan fingerprint density at radius 2 is 1.95 bits per heavy atom. The van der Waals surface area contributed by atoms with Crippen LogP contribution in [-0.4, -0.2) is 113 Å². The predicted molar refractivity (Wildman–Crippen MR) is 151 cm³/mol. The van der Waals surface area contributed by atoms with E-state index in [-0.39, 0.29) is 17.9 Å². The standard InChI is InChI=1S/C29H49N3O6S/c1-17(2)12-18-8-11-37-26-20(13-18)14-30-22(26)28(36)31-21-7-5-6-19(15-32-9-3-4-10-32)16-39-29-25(35)23(33)24(34)27(21)38-29/h5-6,17-27,29-30,33-35H,3-4,7-16H2,1-2H3,(H,31,36)/b6-5-/t18-,19-,20-,21+,22-,23?,24?,25?,26+,27?,29?/m0/s1. The summed E-state index contributed by atoms with van der Waals surface area (Å²) in [7, 11) is 0. The van der Waals surface area contributed by atoms with Crippen molar-refractivity contribution in [3.63, 3.8) is 0 Å². The molecule has 9 nitrogen and oxygen atoms in total. The molecule has 0 spiro atoms. The second-order valence-electron chi connectivity index (χ2n) is 12.8. The van der Waals surface area contributed by atoms with Crippen molar-refractivity contribution in [2.75, 3.05) is 38.5 Å². The van der Waals surface area contributed by atoms with Crippen LogP contribution >= 0.6 is 11.8 Å². The number of nitrogens with one attached hydrogen (secondary N) is 2. The first-order valence-electron chi connectivity index (χ1n) is 15.2. The molecule has 5 rings (SSSR count). The number of hydrogen-bond acceptors (Lipinski definition) is 9. The van der Waals surface area contributed by atoms with E-state index in [4.69, 9.17) is 9.47 Å². The van der Waals surface area contributed by atoms with Gasteiger partial charge in [0, 0.05) is 25.4 Å². The highest BCUT2D eigenvalue weighted by Gasteiger charge is 2.49. The molecular formula is C29H49N3O6S. The molecule has 0 aromatic heterocycles. The van der Waals surface area contributed by atoms with E-state index in [1.165, 1.54) is 31.0 Å². The summed E-state index contributed by atoms with van der Waals surface area (Å²) in [5.41, 5.74) is -0.669. The minimum Gasteiger partial charge on any atom is -0.388 e. The van der Waals surface area contributed by atoms with Crippen molar-refractivity contribution in [1.29, 1.82) is 0 Å². The summed E-state index contributed by atoms with van der Waals surface area (Å²) in [5.74, 6) is 2.44. The number of rotatable bonds is 6. The Labute approximate surface area is 237 Å². The zero-order valence-corrected chi connectivity index (χ0v) is 24.3. The number of ether oxygens (including phenoxy) is 2. The molecule has 10 heteroatoms. The molecule has 0 aromatic rings. The summed E-state index contributed by atoms with van der Waals surface area (Å²) in [6.45, 7) is 9.11. The number of carbonyl (C=O) groups excluding carboxylic acids is 1.